The molecule has 2 N–H and O–H groups in total. The molecule has 1 saturated heterocycles. The van der Waals surface area contributed by atoms with Gasteiger partial charge in [-0.15, -0.1) is 0 Å². The van der Waals surface area contributed by atoms with Crippen LogP contribution in [0.1, 0.15) is 26.2 Å². The van der Waals surface area contributed by atoms with Crippen molar-refractivity contribution < 1.29 is 0 Å². The summed E-state index contributed by atoms with van der Waals surface area (Å²) in [6.45, 7) is 3.23. The lowest BCUT2D eigenvalue weighted by Gasteiger charge is -2.35. The van der Waals surface area contributed by atoms with Crippen LogP contribution >= 0.6 is 0 Å². The maximum Gasteiger partial charge on any atom is 0.166 e. The van der Waals surface area contributed by atoms with Crippen LogP contribution in [0.4, 0.5) is 11.5 Å². The van der Waals surface area contributed by atoms with Gasteiger partial charge in [-0.05, 0) is 26.2 Å². The fourth-order valence-corrected chi connectivity index (χ4v) is 2.61. The number of rotatable bonds is 2. The molecular weight excluding hydrogens is 240 g/mol. The van der Waals surface area contributed by atoms with Crippen LogP contribution < -0.4 is 10.6 Å². The molecule has 6 nitrogen and oxygen atoms in total. The zero-order chi connectivity index (χ0) is 13.2. The number of hydrogen-bond donors (Lipinski definition) is 1. The Morgan fingerprint density at radius 2 is 2.11 bits per heavy atom. The standard InChI is InChI=1S/C13H18N6/c1-10-4-2-3-6-19(10)13-11(14)12(16-8-17-13)18-7-5-15-9-18/h5,7-10H,2-4,6,14H2,1H3. The molecule has 2 aromatic rings. The summed E-state index contributed by atoms with van der Waals surface area (Å²) in [7, 11) is 0. The topological polar surface area (TPSA) is 72.9 Å². The van der Waals surface area contributed by atoms with Crippen molar-refractivity contribution in [3.63, 3.8) is 0 Å². The Morgan fingerprint density at radius 1 is 1.26 bits per heavy atom. The number of hydrogen-bond acceptors (Lipinski definition) is 5. The van der Waals surface area contributed by atoms with Gasteiger partial charge in [-0.25, -0.2) is 15.0 Å². The molecule has 19 heavy (non-hydrogen) atoms. The molecule has 1 aliphatic heterocycles. The van der Waals surface area contributed by atoms with Gasteiger partial charge in [-0.2, -0.15) is 0 Å². The highest BCUT2D eigenvalue weighted by molar-refractivity contribution is 5.70. The predicted molar refractivity (Wildman–Crippen MR) is 74.2 cm³/mol. The summed E-state index contributed by atoms with van der Waals surface area (Å²) in [4.78, 5) is 14.9. The third kappa shape index (κ3) is 2.14. The molecule has 0 aromatic carbocycles. The molecule has 2 aromatic heterocycles. The molecule has 6 heteroatoms. The zero-order valence-electron chi connectivity index (χ0n) is 11.0. The van der Waals surface area contributed by atoms with Crippen LogP contribution in [-0.2, 0) is 0 Å². The third-order valence-corrected chi connectivity index (χ3v) is 3.67. The van der Waals surface area contributed by atoms with Gasteiger partial charge in [0.1, 0.15) is 18.3 Å². The van der Waals surface area contributed by atoms with E-state index in [0.717, 1.165) is 12.4 Å². The average Bonchev–Trinajstić information content (AvgIpc) is 2.94. The van der Waals surface area contributed by atoms with Crippen LogP contribution in [0.5, 0.6) is 0 Å². The van der Waals surface area contributed by atoms with Gasteiger partial charge in [0.05, 0.1) is 0 Å². The number of anilines is 2. The summed E-state index contributed by atoms with van der Waals surface area (Å²) in [6, 6.07) is 0.474. The maximum absolute atomic E-state index is 6.25. The van der Waals surface area contributed by atoms with Crippen LogP contribution in [0.2, 0.25) is 0 Å². The van der Waals surface area contributed by atoms with Crippen molar-refractivity contribution in [1.82, 2.24) is 19.5 Å². The van der Waals surface area contributed by atoms with Crippen molar-refractivity contribution in [2.75, 3.05) is 17.2 Å². The predicted octanol–water partition coefficient (Wildman–Crippen LogP) is 1.62. The molecule has 1 fully saturated rings. The second-order valence-corrected chi connectivity index (χ2v) is 4.94. The Morgan fingerprint density at radius 3 is 2.84 bits per heavy atom. The first kappa shape index (κ1) is 12.0. The monoisotopic (exact) mass is 258 g/mol. The average molecular weight is 258 g/mol. The summed E-state index contributed by atoms with van der Waals surface area (Å²) in [5.41, 5.74) is 6.87. The number of piperidine rings is 1. The third-order valence-electron chi connectivity index (χ3n) is 3.67. The van der Waals surface area contributed by atoms with Crippen molar-refractivity contribution in [2.45, 2.75) is 32.2 Å². The molecule has 0 aliphatic carbocycles. The van der Waals surface area contributed by atoms with Crippen molar-refractivity contribution in [1.29, 1.82) is 0 Å². The molecule has 0 saturated carbocycles. The van der Waals surface area contributed by atoms with Crippen LogP contribution in [0.15, 0.2) is 25.0 Å². The van der Waals surface area contributed by atoms with E-state index in [2.05, 4.69) is 26.8 Å². The van der Waals surface area contributed by atoms with E-state index in [-0.39, 0.29) is 0 Å². The van der Waals surface area contributed by atoms with Gasteiger partial charge in [0.2, 0.25) is 0 Å². The second kappa shape index (κ2) is 4.87. The lowest BCUT2D eigenvalue weighted by atomic mass is 10.0. The van der Waals surface area contributed by atoms with Gasteiger partial charge in [0.15, 0.2) is 11.6 Å². The summed E-state index contributed by atoms with van der Waals surface area (Å²) in [5, 5.41) is 0. The molecular formula is C13H18N6. The molecule has 1 atom stereocenters. The lowest BCUT2D eigenvalue weighted by molar-refractivity contribution is 0.481. The normalized spacial score (nSPS) is 19.6. The quantitative estimate of drug-likeness (QED) is 0.886. The Labute approximate surface area is 112 Å². The fourth-order valence-electron chi connectivity index (χ4n) is 2.61. The van der Waals surface area contributed by atoms with Gasteiger partial charge in [-0.3, -0.25) is 4.57 Å². The Balaban J connectivity index is 2.00. The number of nitrogens with zero attached hydrogens (tertiary/aromatic N) is 5. The van der Waals surface area contributed by atoms with Crippen molar-refractivity contribution in [3.05, 3.63) is 25.0 Å². The maximum atomic E-state index is 6.25. The molecule has 1 aliphatic rings. The highest BCUT2D eigenvalue weighted by Gasteiger charge is 2.23. The number of nitrogens with two attached hydrogens (primary N) is 1. The van der Waals surface area contributed by atoms with Crippen LogP contribution in [0.25, 0.3) is 5.82 Å². The van der Waals surface area contributed by atoms with E-state index >= 15 is 0 Å². The SMILES string of the molecule is CC1CCCCN1c1ncnc(-n2ccnc2)c1N. The van der Waals surface area contributed by atoms with E-state index in [0.29, 0.717) is 17.5 Å². The highest BCUT2D eigenvalue weighted by Crippen LogP contribution is 2.29. The molecule has 0 amide bonds. The van der Waals surface area contributed by atoms with E-state index in [1.165, 1.54) is 19.3 Å². The van der Waals surface area contributed by atoms with Crippen molar-refractivity contribution in [3.8, 4) is 5.82 Å². The van der Waals surface area contributed by atoms with Gasteiger partial charge in [0.25, 0.3) is 0 Å². The molecule has 0 bridgehead atoms. The van der Waals surface area contributed by atoms with Crippen LogP contribution in [0.3, 0.4) is 0 Å². The van der Waals surface area contributed by atoms with Crippen molar-refractivity contribution in [2.24, 2.45) is 0 Å². The number of aromatic nitrogens is 4. The van der Waals surface area contributed by atoms with E-state index < -0.39 is 0 Å². The second-order valence-electron chi connectivity index (χ2n) is 4.94. The first-order chi connectivity index (χ1) is 9.27. The first-order valence-corrected chi connectivity index (χ1v) is 6.63. The number of imidazole rings is 1. The molecule has 1 unspecified atom stereocenters. The molecule has 0 radical (unpaired) electrons. The summed E-state index contributed by atoms with van der Waals surface area (Å²) < 4.78 is 1.81. The number of nitrogen functional groups attached to an aromatic ring is 1. The van der Waals surface area contributed by atoms with Crippen molar-refractivity contribution >= 4 is 11.5 Å². The first-order valence-electron chi connectivity index (χ1n) is 6.63. The minimum Gasteiger partial charge on any atom is -0.393 e. The summed E-state index contributed by atoms with van der Waals surface area (Å²) in [6.07, 6.45) is 10.5. The van der Waals surface area contributed by atoms with Gasteiger partial charge >= 0.3 is 0 Å². The van der Waals surface area contributed by atoms with Crippen LogP contribution in [0, 0.1) is 0 Å². The molecule has 100 valence electrons. The highest BCUT2D eigenvalue weighted by atomic mass is 15.2. The smallest absolute Gasteiger partial charge is 0.166 e. The fraction of sp³-hybridized carbons (Fsp3) is 0.462. The Kier molecular flexibility index (Phi) is 3.06. The molecule has 3 heterocycles. The summed E-state index contributed by atoms with van der Waals surface area (Å²) in [5.74, 6) is 1.53. The molecule has 3 rings (SSSR count). The van der Waals surface area contributed by atoms with E-state index in [1.807, 2.05) is 10.8 Å². The minimum absolute atomic E-state index is 0.474. The Bertz CT molecular complexity index is 550. The van der Waals surface area contributed by atoms with Gasteiger partial charge in [-0.1, -0.05) is 0 Å². The van der Waals surface area contributed by atoms with Gasteiger partial charge in [0, 0.05) is 25.0 Å². The lowest BCUT2D eigenvalue weighted by Crippen LogP contribution is -2.38. The zero-order valence-corrected chi connectivity index (χ0v) is 11.0. The van der Waals surface area contributed by atoms with E-state index in [9.17, 15) is 0 Å². The van der Waals surface area contributed by atoms with Crippen LogP contribution in [-0.4, -0.2) is 32.1 Å². The summed E-state index contributed by atoms with van der Waals surface area (Å²) >= 11 is 0. The minimum atomic E-state index is 0.474. The Hall–Kier alpha value is -2.11. The van der Waals surface area contributed by atoms with Gasteiger partial charge < -0.3 is 10.6 Å². The van der Waals surface area contributed by atoms with E-state index in [4.69, 9.17) is 5.73 Å². The van der Waals surface area contributed by atoms with E-state index in [1.54, 1.807) is 18.9 Å². The molecule has 0 spiro atoms. The largest absolute Gasteiger partial charge is 0.393 e.